The average molecular weight is 605 g/mol. The van der Waals surface area contributed by atoms with Gasteiger partial charge in [0.15, 0.2) is 35.0 Å². The SMILES string of the molecule is COCCOCCNC(=O)C1C(=O)c2ccc(C#Cc3ccc4c(c3)C(=O)C(C(=O)NCCOCCOC)C4=O)cc2C1=O. The molecule has 2 unspecified atom stereocenters. The summed E-state index contributed by atoms with van der Waals surface area (Å²) in [5.41, 5.74) is 1.31. The number of Topliss-reactive ketones (excluding diaryl/α,β-unsaturated/α-hetero) is 4. The van der Waals surface area contributed by atoms with E-state index in [2.05, 4.69) is 22.5 Å². The molecule has 0 heterocycles. The predicted molar refractivity (Wildman–Crippen MR) is 155 cm³/mol. The molecule has 0 spiro atoms. The maximum absolute atomic E-state index is 13.0. The van der Waals surface area contributed by atoms with E-state index >= 15 is 0 Å². The second kappa shape index (κ2) is 15.3. The first kappa shape index (κ1) is 32.4. The van der Waals surface area contributed by atoms with E-state index in [0.717, 1.165) is 0 Å². The van der Waals surface area contributed by atoms with Gasteiger partial charge in [-0.15, -0.1) is 0 Å². The Labute approximate surface area is 253 Å². The van der Waals surface area contributed by atoms with Crippen LogP contribution in [0.5, 0.6) is 0 Å². The minimum Gasteiger partial charge on any atom is -0.382 e. The number of benzene rings is 2. The van der Waals surface area contributed by atoms with E-state index in [-0.39, 0.29) is 48.6 Å². The van der Waals surface area contributed by atoms with Crippen molar-refractivity contribution in [3.63, 3.8) is 0 Å². The monoisotopic (exact) mass is 604 g/mol. The van der Waals surface area contributed by atoms with E-state index in [0.29, 0.717) is 37.6 Å². The maximum atomic E-state index is 13.0. The summed E-state index contributed by atoms with van der Waals surface area (Å²) < 4.78 is 20.3. The molecule has 2 atom stereocenters. The van der Waals surface area contributed by atoms with Crippen molar-refractivity contribution < 1.29 is 47.7 Å². The minimum atomic E-state index is -1.47. The van der Waals surface area contributed by atoms with Crippen molar-refractivity contribution in [3.8, 4) is 11.8 Å². The minimum absolute atomic E-state index is 0.103. The van der Waals surface area contributed by atoms with Gasteiger partial charge in [0.1, 0.15) is 0 Å². The van der Waals surface area contributed by atoms with Gasteiger partial charge in [0.05, 0.1) is 39.6 Å². The second-order valence-corrected chi connectivity index (χ2v) is 9.89. The first-order valence-electron chi connectivity index (χ1n) is 13.9. The summed E-state index contributed by atoms with van der Waals surface area (Å²) in [4.78, 5) is 76.7. The lowest BCUT2D eigenvalue weighted by molar-refractivity contribution is -0.123. The molecule has 2 aliphatic carbocycles. The molecule has 2 amide bonds. The van der Waals surface area contributed by atoms with Crippen molar-refractivity contribution in [1.82, 2.24) is 10.6 Å². The van der Waals surface area contributed by atoms with Crippen LogP contribution in [0.3, 0.4) is 0 Å². The summed E-state index contributed by atoms with van der Waals surface area (Å²) >= 11 is 0. The van der Waals surface area contributed by atoms with Gasteiger partial charge in [-0.05, 0) is 36.4 Å². The number of hydrogen-bond donors (Lipinski definition) is 2. The molecular formula is C32H32N2O10. The zero-order valence-electron chi connectivity index (χ0n) is 24.4. The highest BCUT2D eigenvalue weighted by Gasteiger charge is 2.44. The highest BCUT2D eigenvalue weighted by Crippen LogP contribution is 2.29. The Morgan fingerprint density at radius 3 is 1.36 bits per heavy atom. The Morgan fingerprint density at radius 1 is 0.591 bits per heavy atom. The summed E-state index contributed by atoms with van der Waals surface area (Å²) in [6, 6.07) is 8.93. The van der Waals surface area contributed by atoms with E-state index in [1.807, 2.05) is 0 Å². The van der Waals surface area contributed by atoms with Crippen LogP contribution < -0.4 is 10.6 Å². The quantitative estimate of drug-likeness (QED) is 0.178. The van der Waals surface area contributed by atoms with Gasteiger partial charge in [0.25, 0.3) is 0 Å². The number of carbonyl (C=O) groups is 6. The fourth-order valence-corrected chi connectivity index (χ4v) is 4.75. The van der Waals surface area contributed by atoms with Gasteiger partial charge in [0.2, 0.25) is 11.8 Å². The summed E-state index contributed by atoms with van der Waals surface area (Å²) in [7, 11) is 3.08. The topological polar surface area (TPSA) is 163 Å². The van der Waals surface area contributed by atoms with Crippen molar-refractivity contribution in [1.29, 1.82) is 0 Å². The van der Waals surface area contributed by atoms with Crippen molar-refractivity contribution in [2.24, 2.45) is 11.8 Å². The number of methoxy groups -OCH3 is 2. The van der Waals surface area contributed by atoms with Gasteiger partial charge in [-0.1, -0.05) is 11.8 Å². The lowest BCUT2D eigenvalue weighted by Gasteiger charge is -2.09. The normalized spacial score (nSPS) is 16.8. The molecule has 0 aromatic heterocycles. The predicted octanol–water partition coefficient (Wildman–Crippen LogP) is 0.635. The molecule has 0 radical (unpaired) electrons. The average Bonchev–Trinajstić information content (AvgIpc) is 3.42. The molecule has 0 bridgehead atoms. The molecule has 0 aliphatic heterocycles. The first-order chi connectivity index (χ1) is 21.3. The third kappa shape index (κ3) is 7.32. The summed E-state index contributed by atoms with van der Waals surface area (Å²) in [6.45, 7) is 2.21. The van der Waals surface area contributed by atoms with Crippen molar-refractivity contribution in [2.45, 2.75) is 0 Å². The number of fused-ring (bicyclic) bond motifs is 2. The number of nitrogens with one attached hydrogen (secondary N) is 2. The highest BCUT2D eigenvalue weighted by atomic mass is 16.5. The molecule has 12 heteroatoms. The van der Waals surface area contributed by atoms with Crippen LogP contribution in [0.4, 0.5) is 0 Å². The van der Waals surface area contributed by atoms with Gasteiger partial charge in [-0.25, -0.2) is 0 Å². The van der Waals surface area contributed by atoms with Gasteiger partial charge < -0.3 is 29.6 Å². The number of ketones is 4. The van der Waals surface area contributed by atoms with E-state index < -0.39 is 46.8 Å². The third-order valence-electron chi connectivity index (χ3n) is 6.98. The highest BCUT2D eigenvalue weighted by molar-refractivity contribution is 6.36. The van der Waals surface area contributed by atoms with Crippen LogP contribution in [-0.4, -0.2) is 102 Å². The van der Waals surface area contributed by atoms with E-state index in [9.17, 15) is 28.8 Å². The molecule has 2 aliphatic rings. The van der Waals surface area contributed by atoms with Gasteiger partial charge in [-0.2, -0.15) is 0 Å². The molecule has 0 saturated carbocycles. The molecule has 2 aromatic carbocycles. The summed E-state index contributed by atoms with van der Waals surface area (Å²) in [5.74, 6) is -0.943. The number of amides is 2. The van der Waals surface area contributed by atoms with E-state index in [1.54, 1.807) is 26.4 Å². The molecule has 0 fully saturated rings. The van der Waals surface area contributed by atoms with Crippen LogP contribution in [0.25, 0.3) is 0 Å². The van der Waals surface area contributed by atoms with Gasteiger partial charge >= 0.3 is 0 Å². The smallest absolute Gasteiger partial charge is 0.239 e. The summed E-state index contributed by atoms with van der Waals surface area (Å²) in [6.07, 6.45) is 0. The van der Waals surface area contributed by atoms with Crippen LogP contribution in [-0.2, 0) is 28.5 Å². The lowest BCUT2D eigenvalue weighted by atomic mass is 10.0. The largest absolute Gasteiger partial charge is 0.382 e. The molecule has 44 heavy (non-hydrogen) atoms. The fraction of sp³-hybridized carbons (Fsp3) is 0.375. The van der Waals surface area contributed by atoms with Crippen LogP contribution in [0.1, 0.15) is 52.6 Å². The zero-order valence-corrected chi connectivity index (χ0v) is 24.4. The molecule has 230 valence electrons. The van der Waals surface area contributed by atoms with Crippen molar-refractivity contribution in [2.75, 3.05) is 67.0 Å². The standard InChI is InChI=1S/C32H32N2O10/c1-41-13-15-43-11-9-33-31(39)25-27(35)21-7-5-19(17-23(21)29(25)37)3-4-20-6-8-22-24(18-20)30(38)26(28(22)36)32(40)34-10-12-44-16-14-42-2/h5-8,17-18,25-26H,9-16H2,1-2H3,(H,33,39)(H,34,40). The number of ether oxygens (including phenoxy) is 4. The van der Waals surface area contributed by atoms with E-state index in [4.69, 9.17) is 18.9 Å². The first-order valence-corrected chi connectivity index (χ1v) is 13.9. The second-order valence-electron chi connectivity index (χ2n) is 9.89. The van der Waals surface area contributed by atoms with E-state index in [1.165, 1.54) is 24.3 Å². The number of carbonyl (C=O) groups excluding carboxylic acids is 6. The van der Waals surface area contributed by atoms with Crippen molar-refractivity contribution in [3.05, 3.63) is 69.8 Å². The molecule has 2 aromatic rings. The molecule has 12 nitrogen and oxygen atoms in total. The van der Waals surface area contributed by atoms with Gasteiger partial charge in [0, 0.05) is 60.7 Å². The Balaban J connectivity index is 1.39. The Hall–Kier alpha value is -4.54. The molecular weight excluding hydrogens is 572 g/mol. The Morgan fingerprint density at radius 2 is 0.977 bits per heavy atom. The Kier molecular flexibility index (Phi) is 11.2. The fourth-order valence-electron chi connectivity index (χ4n) is 4.75. The number of hydrogen-bond acceptors (Lipinski definition) is 10. The van der Waals surface area contributed by atoms with Crippen LogP contribution in [0.2, 0.25) is 0 Å². The third-order valence-corrected chi connectivity index (χ3v) is 6.98. The number of rotatable bonds is 14. The van der Waals surface area contributed by atoms with Gasteiger partial charge in [-0.3, -0.25) is 28.8 Å². The zero-order chi connectivity index (χ0) is 31.6. The lowest BCUT2D eigenvalue weighted by Crippen LogP contribution is -2.38. The van der Waals surface area contributed by atoms with Crippen molar-refractivity contribution >= 4 is 34.9 Å². The molecule has 0 saturated heterocycles. The summed E-state index contributed by atoms with van der Waals surface area (Å²) in [5, 5.41) is 5.11. The molecule has 2 N–H and O–H groups in total. The van der Waals surface area contributed by atoms with Crippen LogP contribution >= 0.6 is 0 Å². The van der Waals surface area contributed by atoms with Crippen LogP contribution in [0, 0.1) is 23.7 Å². The molecule has 4 rings (SSSR count). The maximum Gasteiger partial charge on any atom is 0.239 e. The van der Waals surface area contributed by atoms with Crippen LogP contribution in [0.15, 0.2) is 36.4 Å². The Bertz CT molecular complexity index is 1430.